The van der Waals surface area contributed by atoms with Gasteiger partial charge in [0.2, 0.25) is 0 Å². The Hall–Kier alpha value is 1.44. The predicted molar refractivity (Wildman–Crippen MR) is 33.9 cm³/mol. The summed E-state index contributed by atoms with van der Waals surface area (Å²) in [6.07, 6.45) is 0. The summed E-state index contributed by atoms with van der Waals surface area (Å²) in [5.41, 5.74) is 0. The van der Waals surface area contributed by atoms with Crippen LogP contribution in [0.25, 0.3) is 0 Å². The molecule has 0 saturated heterocycles. The molecule has 0 saturated carbocycles. The molecule has 0 aromatic rings. The molecule has 32 valence electrons. The number of halogens is 2. The third-order valence-electron chi connectivity index (χ3n) is 0. The summed E-state index contributed by atoms with van der Waals surface area (Å²) in [6.45, 7) is 0. The fraction of sp³-hybridized carbons (Fsp3) is 1.00. The van der Waals surface area contributed by atoms with Crippen molar-refractivity contribution in [3.05, 3.63) is 0 Å². The van der Waals surface area contributed by atoms with E-state index in [9.17, 15) is 0 Å². The Morgan fingerprint density at radius 1 is 1.20 bits per heavy atom. The maximum Gasteiger partial charge on any atom is 0.143 e. The largest absolute Gasteiger partial charge is 0.143 e. The molecule has 0 heterocycles. The summed E-state index contributed by atoms with van der Waals surface area (Å²) in [4.78, 5) is 0. The van der Waals surface area contributed by atoms with Crippen molar-refractivity contribution in [1.82, 2.24) is 0 Å². The van der Waals surface area contributed by atoms with Crippen molar-refractivity contribution in [2.24, 2.45) is 0 Å². The average Bonchev–Trinajstić information content (AvgIpc) is 0.722. The second kappa shape index (κ2) is 1.94. The quantitative estimate of drug-likeness (QED) is 0.364. The van der Waals surface area contributed by atoms with Crippen molar-refractivity contribution in [3.63, 3.8) is 0 Å². The molecule has 0 fully saturated rings. The van der Waals surface area contributed by atoms with Crippen molar-refractivity contribution >= 4 is 41.7 Å². The molecule has 0 aromatic heterocycles. The van der Waals surface area contributed by atoms with Crippen molar-refractivity contribution < 1.29 is 0 Å². The van der Waals surface area contributed by atoms with Crippen LogP contribution in [0.4, 0.5) is 0 Å². The zero-order chi connectivity index (χ0) is 4.50. The zero-order valence-corrected chi connectivity index (χ0v) is 6.23. The van der Waals surface area contributed by atoms with Gasteiger partial charge in [0.05, 0.1) is 0 Å². The number of alkyl halides is 2. The maximum atomic E-state index is 5.22. The summed E-state index contributed by atoms with van der Waals surface area (Å²) in [5.74, 6) is 0. The monoisotopic (exact) mass is 148 g/mol. The maximum absolute atomic E-state index is 5.22. The lowest BCUT2D eigenvalue weighted by molar-refractivity contribution is 1.84. The lowest BCUT2D eigenvalue weighted by Crippen LogP contribution is -1.77. The molecule has 2 unspecified atom stereocenters. The lowest BCUT2D eigenvalue weighted by atomic mass is 11.8. The Bertz CT molecular complexity index is 23.1. The van der Waals surface area contributed by atoms with Crippen molar-refractivity contribution in [2.45, 2.75) is 3.82 Å². The highest BCUT2D eigenvalue weighted by Gasteiger charge is 2.03. The SMILES string of the molecule is PC(P)(Cl)Cl. The Balaban J connectivity index is 3.02. The van der Waals surface area contributed by atoms with Gasteiger partial charge in [0.15, 0.2) is 0 Å². The van der Waals surface area contributed by atoms with Gasteiger partial charge in [-0.25, -0.2) is 0 Å². The van der Waals surface area contributed by atoms with Gasteiger partial charge in [-0.05, 0) is 0 Å². The number of rotatable bonds is 0. The first-order valence-electron chi connectivity index (χ1n) is 0.955. The minimum absolute atomic E-state index is 0.722. The van der Waals surface area contributed by atoms with E-state index in [0.717, 1.165) is 0 Å². The van der Waals surface area contributed by atoms with Gasteiger partial charge in [0.25, 0.3) is 0 Å². The second-order valence-corrected chi connectivity index (χ2v) is 6.07. The molecular weight excluding hydrogens is 145 g/mol. The fourth-order valence-electron chi connectivity index (χ4n) is 0. The van der Waals surface area contributed by atoms with Crippen LogP contribution in [-0.4, -0.2) is 3.82 Å². The Morgan fingerprint density at radius 2 is 1.20 bits per heavy atom. The summed E-state index contributed by atoms with van der Waals surface area (Å²) >= 11 is 10.4. The van der Waals surface area contributed by atoms with E-state index in [1.54, 1.807) is 0 Å². The molecule has 0 aliphatic heterocycles. The average molecular weight is 149 g/mol. The summed E-state index contributed by atoms with van der Waals surface area (Å²) in [5, 5.41) is 0. The highest BCUT2D eigenvalue weighted by Crippen LogP contribution is 2.35. The van der Waals surface area contributed by atoms with Gasteiger partial charge in [0, 0.05) is 0 Å². The minimum Gasteiger partial charge on any atom is -0.0947 e. The Labute approximate surface area is 46.0 Å². The molecule has 0 aromatic carbocycles. The van der Waals surface area contributed by atoms with E-state index in [0.29, 0.717) is 0 Å². The molecule has 0 spiro atoms. The first kappa shape index (κ1) is 6.44. The third kappa shape index (κ3) is 31.0. The second-order valence-electron chi connectivity index (χ2n) is 0.675. The molecule has 4 heteroatoms. The van der Waals surface area contributed by atoms with E-state index in [-0.39, 0.29) is 0 Å². The molecule has 0 N–H and O–H groups in total. The van der Waals surface area contributed by atoms with Gasteiger partial charge in [0.1, 0.15) is 3.82 Å². The number of hydrogen-bond donors (Lipinski definition) is 0. The van der Waals surface area contributed by atoms with Crippen LogP contribution in [0.5, 0.6) is 0 Å². The molecule has 0 nitrogen and oxygen atoms in total. The Kier molecular flexibility index (Phi) is 2.50. The zero-order valence-electron chi connectivity index (χ0n) is 2.41. The third-order valence-corrected chi connectivity index (χ3v) is 0. The van der Waals surface area contributed by atoms with Gasteiger partial charge in [-0.3, -0.25) is 0 Å². The molecule has 0 radical (unpaired) electrons. The smallest absolute Gasteiger partial charge is 0.0947 e. The number of hydrogen-bond acceptors (Lipinski definition) is 0. The highest BCUT2D eigenvalue weighted by molar-refractivity contribution is 7.49. The van der Waals surface area contributed by atoms with Gasteiger partial charge in [-0.2, -0.15) is 0 Å². The molecule has 0 bridgehead atoms. The topological polar surface area (TPSA) is 0 Å². The molecule has 0 rings (SSSR count). The van der Waals surface area contributed by atoms with Crippen LogP contribution in [0, 0.1) is 0 Å². The summed E-state index contributed by atoms with van der Waals surface area (Å²) in [7, 11) is 4.42. The molecule has 0 aliphatic rings. The van der Waals surface area contributed by atoms with Gasteiger partial charge in [-0.1, -0.05) is 41.7 Å². The van der Waals surface area contributed by atoms with Crippen LogP contribution < -0.4 is 0 Å². The van der Waals surface area contributed by atoms with Gasteiger partial charge in [-0.15, -0.1) is 0 Å². The molecular formula is CH4Cl2P2. The van der Waals surface area contributed by atoms with Crippen LogP contribution in [0.1, 0.15) is 0 Å². The highest BCUT2D eigenvalue weighted by atomic mass is 35.5. The molecule has 0 amide bonds. The summed E-state index contributed by atoms with van der Waals surface area (Å²) < 4.78 is -0.722. The van der Waals surface area contributed by atoms with Crippen LogP contribution >= 0.6 is 41.7 Å². The van der Waals surface area contributed by atoms with E-state index < -0.39 is 3.82 Å². The van der Waals surface area contributed by atoms with Crippen LogP contribution in [-0.2, 0) is 0 Å². The van der Waals surface area contributed by atoms with Crippen molar-refractivity contribution in [1.29, 1.82) is 0 Å². The van der Waals surface area contributed by atoms with Crippen molar-refractivity contribution in [3.8, 4) is 0 Å². The van der Waals surface area contributed by atoms with Gasteiger partial charge >= 0.3 is 0 Å². The first-order valence-corrected chi connectivity index (χ1v) is 2.87. The first-order chi connectivity index (χ1) is 2.00. The standard InChI is InChI=1S/CH4Cl2P2/c2-1(3,4)5/h4-5H2. The van der Waals surface area contributed by atoms with Crippen molar-refractivity contribution in [2.75, 3.05) is 0 Å². The van der Waals surface area contributed by atoms with E-state index >= 15 is 0 Å². The van der Waals surface area contributed by atoms with Gasteiger partial charge < -0.3 is 0 Å². The molecule has 0 aliphatic carbocycles. The normalized spacial score (nSPS) is 12.0. The van der Waals surface area contributed by atoms with E-state index in [1.165, 1.54) is 0 Å². The van der Waals surface area contributed by atoms with E-state index in [4.69, 9.17) is 23.2 Å². The van der Waals surface area contributed by atoms with Crippen LogP contribution in [0.15, 0.2) is 0 Å². The van der Waals surface area contributed by atoms with E-state index in [1.807, 2.05) is 0 Å². The van der Waals surface area contributed by atoms with Crippen LogP contribution in [0.2, 0.25) is 0 Å². The van der Waals surface area contributed by atoms with E-state index in [2.05, 4.69) is 18.5 Å². The lowest BCUT2D eigenvalue weighted by Gasteiger charge is -1.98. The Morgan fingerprint density at radius 3 is 1.20 bits per heavy atom. The molecule has 2 atom stereocenters. The van der Waals surface area contributed by atoms with Crippen LogP contribution in [0.3, 0.4) is 0 Å². The summed E-state index contributed by atoms with van der Waals surface area (Å²) in [6, 6.07) is 0. The minimum atomic E-state index is -0.722. The predicted octanol–water partition coefficient (Wildman–Crippen LogP) is 1.83. The molecule has 5 heavy (non-hydrogen) atoms. The fourth-order valence-corrected chi connectivity index (χ4v) is 0.